The van der Waals surface area contributed by atoms with Gasteiger partial charge < -0.3 is 0 Å². The molecule has 0 amide bonds. The van der Waals surface area contributed by atoms with E-state index in [4.69, 9.17) is 16.6 Å². The first-order valence-corrected chi connectivity index (χ1v) is 8.28. The van der Waals surface area contributed by atoms with E-state index in [9.17, 15) is 0 Å². The molecular weight excluding hydrogens is 276 g/mol. The molecule has 1 heterocycles. The number of halogens is 1. The fraction of sp³-hybridized carbons (Fsp3) is 0.533. The third-order valence-electron chi connectivity index (χ3n) is 3.51. The summed E-state index contributed by atoms with van der Waals surface area (Å²) in [6.45, 7) is 6.34. The summed E-state index contributed by atoms with van der Waals surface area (Å²) < 4.78 is 1.27. The minimum Gasteiger partial charge on any atom is -0.293 e. The van der Waals surface area contributed by atoms with Crippen molar-refractivity contribution in [2.75, 3.05) is 12.4 Å². The van der Waals surface area contributed by atoms with Crippen molar-refractivity contribution in [3.05, 3.63) is 29.3 Å². The summed E-state index contributed by atoms with van der Waals surface area (Å²) in [7, 11) is 0. The molecule has 1 aromatic heterocycles. The molecule has 0 unspecified atom stereocenters. The number of hydrogen-bond acceptors (Lipinski definition) is 3. The zero-order valence-electron chi connectivity index (χ0n) is 11.6. The Labute approximate surface area is 124 Å². The lowest BCUT2D eigenvalue weighted by molar-refractivity contribution is 0.188. The van der Waals surface area contributed by atoms with E-state index < -0.39 is 0 Å². The van der Waals surface area contributed by atoms with Crippen LogP contribution in [-0.4, -0.2) is 28.4 Å². The Kier molecular flexibility index (Phi) is 5.61. The van der Waals surface area contributed by atoms with Crippen molar-refractivity contribution in [1.29, 1.82) is 0 Å². The molecular formula is C15H21ClN2S. The van der Waals surface area contributed by atoms with Gasteiger partial charge in [0.2, 0.25) is 0 Å². The summed E-state index contributed by atoms with van der Waals surface area (Å²) in [5.74, 6) is 0.682. The molecule has 4 heteroatoms. The molecule has 2 rings (SSSR count). The van der Waals surface area contributed by atoms with Crippen LogP contribution >= 0.6 is 22.9 Å². The van der Waals surface area contributed by atoms with Crippen molar-refractivity contribution in [3.8, 4) is 0 Å². The number of aromatic nitrogens is 1. The lowest BCUT2D eigenvalue weighted by Crippen LogP contribution is -2.35. The third-order valence-corrected chi connectivity index (χ3v) is 4.70. The topological polar surface area (TPSA) is 16.1 Å². The maximum atomic E-state index is 5.94. The highest BCUT2D eigenvalue weighted by Gasteiger charge is 2.16. The highest BCUT2D eigenvalue weighted by Crippen LogP contribution is 2.24. The molecule has 0 saturated heterocycles. The van der Waals surface area contributed by atoms with Crippen LogP contribution < -0.4 is 0 Å². The second-order valence-corrected chi connectivity index (χ2v) is 6.20. The summed E-state index contributed by atoms with van der Waals surface area (Å²) in [6.07, 6.45) is 2.33. The monoisotopic (exact) mass is 296 g/mol. The van der Waals surface area contributed by atoms with Gasteiger partial charge in [-0.2, -0.15) is 0 Å². The first-order chi connectivity index (χ1) is 9.28. The van der Waals surface area contributed by atoms with Gasteiger partial charge in [-0.3, -0.25) is 4.90 Å². The minimum atomic E-state index is 0.603. The van der Waals surface area contributed by atoms with E-state index in [2.05, 4.69) is 36.9 Å². The van der Waals surface area contributed by atoms with E-state index in [1.54, 1.807) is 11.3 Å². The summed E-state index contributed by atoms with van der Waals surface area (Å²) in [6, 6.07) is 8.94. The zero-order chi connectivity index (χ0) is 13.7. The molecule has 0 bridgehead atoms. The number of benzene rings is 1. The van der Waals surface area contributed by atoms with Gasteiger partial charge in [-0.15, -0.1) is 22.9 Å². The van der Waals surface area contributed by atoms with Gasteiger partial charge in [-0.05, 0) is 25.0 Å². The van der Waals surface area contributed by atoms with E-state index in [-0.39, 0.29) is 0 Å². The Morgan fingerprint density at radius 3 is 2.63 bits per heavy atom. The second-order valence-electron chi connectivity index (χ2n) is 4.71. The van der Waals surface area contributed by atoms with Gasteiger partial charge in [0.1, 0.15) is 5.01 Å². The SMILES string of the molecule is CCC(CC)N(CCCl)Cc1nc2ccccc2s1. The number of hydrogen-bond donors (Lipinski definition) is 0. The molecule has 0 aliphatic heterocycles. The zero-order valence-corrected chi connectivity index (χ0v) is 13.2. The maximum Gasteiger partial charge on any atom is 0.108 e. The first kappa shape index (κ1) is 14.8. The molecule has 0 spiro atoms. The molecule has 0 saturated carbocycles. The van der Waals surface area contributed by atoms with Crippen LogP contribution in [0.15, 0.2) is 24.3 Å². The molecule has 2 aromatic rings. The standard InChI is InChI=1S/C15H21ClN2S/c1-3-12(4-2)18(10-9-16)11-15-17-13-7-5-6-8-14(13)19-15/h5-8,12H,3-4,9-11H2,1-2H3. The maximum absolute atomic E-state index is 5.94. The second kappa shape index (κ2) is 7.22. The lowest BCUT2D eigenvalue weighted by atomic mass is 10.1. The van der Waals surface area contributed by atoms with Crippen molar-refractivity contribution in [2.45, 2.75) is 39.3 Å². The fourth-order valence-electron chi connectivity index (χ4n) is 2.47. The smallest absolute Gasteiger partial charge is 0.108 e. The predicted molar refractivity (Wildman–Crippen MR) is 85.1 cm³/mol. The van der Waals surface area contributed by atoms with Crippen molar-refractivity contribution >= 4 is 33.2 Å². The Balaban J connectivity index is 2.15. The van der Waals surface area contributed by atoms with Gasteiger partial charge in [-0.1, -0.05) is 26.0 Å². The Morgan fingerprint density at radius 1 is 1.26 bits per heavy atom. The van der Waals surface area contributed by atoms with Gasteiger partial charge >= 0.3 is 0 Å². The average molecular weight is 297 g/mol. The molecule has 0 atom stereocenters. The summed E-state index contributed by atoms with van der Waals surface area (Å²) in [5, 5.41) is 1.19. The molecule has 19 heavy (non-hydrogen) atoms. The van der Waals surface area contributed by atoms with Crippen LogP contribution in [0.25, 0.3) is 10.2 Å². The first-order valence-electron chi connectivity index (χ1n) is 6.92. The van der Waals surface area contributed by atoms with E-state index >= 15 is 0 Å². The summed E-state index contributed by atoms with van der Waals surface area (Å²) in [4.78, 5) is 7.18. The van der Waals surface area contributed by atoms with E-state index in [1.807, 2.05) is 6.07 Å². The highest BCUT2D eigenvalue weighted by molar-refractivity contribution is 7.18. The third kappa shape index (κ3) is 3.68. The van der Waals surface area contributed by atoms with Crippen LogP contribution in [0.3, 0.4) is 0 Å². The van der Waals surface area contributed by atoms with Crippen LogP contribution in [0.5, 0.6) is 0 Å². The molecule has 1 aromatic carbocycles. The van der Waals surface area contributed by atoms with Crippen LogP contribution in [0.1, 0.15) is 31.7 Å². The molecule has 0 N–H and O–H groups in total. The molecule has 0 aliphatic carbocycles. The van der Waals surface area contributed by atoms with Crippen molar-refractivity contribution < 1.29 is 0 Å². The Bertz CT molecular complexity index is 475. The van der Waals surface area contributed by atoms with Crippen LogP contribution in [0, 0.1) is 0 Å². The van der Waals surface area contributed by atoms with Crippen molar-refractivity contribution in [2.24, 2.45) is 0 Å². The fourth-order valence-corrected chi connectivity index (χ4v) is 3.68. The van der Waals surface area contributed by atoms with Gasteiger partial charge in [-0.25, -0.2) is 4.98 Å². The number of alkyl halides is 1. The van der Waals surface area contributed by atoms with Crippen molar-refractivity contribution in [1.82, 2.24) is 9.88 Å². The number of nitrogens with zero attached hydrogens (tertiary/aromatic N) is 2. The highest BCUT2D eigenvalue weighted by atomic mass is 35.5. The predicted octanol–water partition coefficient (Wildman–Crippen LogP) is 4.53. The van der Waals surface area contributed by atoms with Gasteiger partial charge in [0.15, 0.2) is 0 Å². The summed E-state index contributed by atoms with van der Waals surface area (Å²) >= 11 is 7.73. The quantitative estimate of drug-likeness (QED) is 0.698. The lowest BCUT2D eigenvalue weighted by Gasteiger charge is -2.28. The molecule has 0 radical (unpaired) electrons. The van der Waals surface area contributed by atoms with Crippen molar-refractivity contribution in [3.63, 3.8) is 0 Å². The van der Waals surface area contributed by atoms with Crippen LogP contribution in [-0.2, 0) is 6.54 Å². The minimum absolute atomic E-state index is 0.603. The Hall–Kier alpha value is -0.640. The van der Waals surface area contributed by atoms with Crippen LogP contribution in [0.4, 0.5) is 0 Å². The number of fused-ring (bicyclic) bond motifs is 1. The van der Waals surface area contributed by atoms with Crippen LogP contribution in [0.2, 0.25) is 0 Å². The van der Waals surface area contributed by atoms with Gasteiger partial charge in [0.25, 0.3) is 0 Å². The number of thiazole rings is 1. The molecule has 2 nitrogen and oxygen atoms in total. The molecule has 0 aliphatic rings. The normalized spacial score (nSPS) is 11.8. The number of para-hydroxylation sites is 1. The van der Waals surface area contributed by atoms with E-state index in [0.29, 0.717) is 11.9 Å². The van der Waals surface area contributed by atoms with E-state index in [0.717, 1.165) is 31.4 Å². The molecule has 104 valence electrons. The Morgan fingerprint density at radius 2 is 2.00 bits per heavy atom. The average Bonchev–Trinajstić information content (AvgIpc) is 2.82. The summed E-state index contributed by atoms with van der Waals surface area (Å²) in [5.41, 5.74) is 1.11. The number of rotatable bonds is 7. The van der Waals surface area contributed by atoms with E-state index in [1.165, 1.54) is 9.71 Å². The van der Waals surface area contributed by atoms with Gasteiger partial charge in [0, 0.05) is 18.5 Å². The largest absolute Gasteiger partial charge is 0.293 e. The van der Waals surface area contributed by atoms with Gasteiger partial charge in [0.05, 0.1) is 16.8 Å². The molecule has 0 fully saturated rings.